The van der Waals surface area contributed by atoms with Crippen molar-refractivity contribution in [3.05, 3.63) is 64.8 Å². The summed E-state index contributed by atoms with van der Waals surface area (Å²) in [6.07, 6.45) is 4.14. The molecule has 1 fully saturated rings. The molecule has 1 aliphatic heterocycles. The summed E-state index contributed by atoms with van der Waals surface area (Å²) in [6.45, 7) is 3.19. The molecule has 1 unspecified atom stereocenters. The third kappa shape index (κ3) is 2.37. The monoisotopic (exact) mass is 308 g/mol. The van der Waals surface area contributed by atoms with Crippen LogP contribution in [0.15, 0.2) is 53.5 Å². The van der Waals surface area contributed by atoms with E-state index in [2.05, 4.69) is 12.2 Å². The first-order chi connectivity index (χ1) is 11.3. The molecule has 3 aromatic rings. The van der Waals surface area contributed by atoms with Crippen LogP contribution in [0, 0.1) is 0 Å². The highest BCUT2D eigenvalue weighted by molar-refractivity contribution is 5.47. The van der Waals surface area contributed by atoms with Crippen LogP contribution in [0.1, 0.15) is 31.5 Å². The second kappa shape index (κ2) is 5.66. The Labute approximate surface area is 134 Å². The quantitative estimate of drug-likeness (QED) is 0.808. The predicted octanol–water partition coefficient (Wildman–Crippen LogP) is 2.34. The molecule has 0 aliphatic carbocycles. The second-order valence-electron chi connectivity index (χ2n) is 6.16. The fourth-order valence-corrected chi connectivity index (χ4v) is 3.44. The van der Waals surface area contributed by atoms with Gasteiger partial charge in [-0.1, -0.05) is 25.1 Å². The average Bonchev–Trinajstić information content (AvgIpc) is 3.26. The summed E-state index contributed by atoms with van der Waals surface area (Å²) < 4.78 is 3.46. The molecule has 0 bridgehead atoms. The molecule has 1 aliphatic rings. The van der Waals surface area contributed by atoms with Crippen molar-refractivity contribution in [2.75, 3.05) is 6.54 Å². The van der Waals surface area contributed by atoms with Crippen LogP contribution >= 0.6 is 0 Å². The zero-order valence-corrected chi connectivity index (χ0v) is 13.1. The Balaban J connectivity index is 1.95. The lowest BCUT2D eigenvalue weighted by molar-refractivity contribution is 0.479. The molecule has 0 saturated carbocycles. The van der Waals surface area contributed by atoms with Crippen LogP contribution in [0.2, 0.25) is 0 Å². The van der Waals surface area contributed by atoms with Gasteiger partial charge in [0.15, 0.2) is 0 Å². The Kier molecular flexibility index (Phi) is 3.50. The van der Waals surface area contributed by atoms with Crippen molar-refractivity contribution >= 4 is 5.52 Å². The van der Waals surface area contributed by atoms with Crippen LogP contribution in [0.25, 0.3) is 11.2 Å². The van der Waals surface area contributed by atoms with E-state index in [0.717, 1.165) is 24.5 Å². The van der Waals surface area contributed by atoms with Crippen molar-refractivity contribution in [1.82, 2.24) is 19.5 Å². The van der Waals surface area contributed by atoms with Crippen molar-refractivity contribution in [1.29, 1.82) is 0 Å². The highest BCUT2D eigenvalue weighted by Crippen LogP contribution is 2.24. The summed E-state index contributed by atoms with van der Waals surface area (Å²) in [4.78, 5) is 13.0. The lowest BCUT2D eigenvalue weighted by Crippen LogP contribution is -2.34. The number of aromatic nitrogens is 3. The molecule has 5 heteroatoms. The molecule has 4 rings (SSSR count). The molecule has 2 aromatic heterocycles. The van der Waals surface area contributed by atoms with E-state index in [1.165, 1.54) is 6.42 Å². The van der Waals surface area contributed by atoms with E-state index in [4.69, 9.17) is 5.10 Å². The van der Waals surface area contributed by atoms with Crippen molar-refractivity contribution in [3.8, 4) is 5.69 Å². The molecule has 118 valence electrons. The number of hydrogen-bond acceptors (Lipinski definition) is 3. The maximum atomic E-state index is 13.0. The van der Waals surface area contributed by atoms with E-state index >= 15 is 0 Å². The number of para-hydroxylation sites is 1. The van der Waals surface area contributed by atoms with E-state index in [9.17, 15) is 4.79 Å². The van der Waals surface area contributed by atoms with E-state index < -0.39 is 0 Å². The van der Waals surface area contributed by atoms with Gasteiger partial charge in [-0.25, -0.2) is 4.52 Å². The number of nitrogens with one attached hydrogen (secondary N) is 1. The number of benzene rings is 1. The molecule has 23 heavy (non-hydrogen) atoms. The summed E-state index contributed by atoms with van der Waals surface area (Å²) >= 11 is 0. The molecular weight excluding hydrogens is 288 g/mol. The van der Waals surface area contributed by atoms with Crippen LogP contribution in [-0.2, 0) is 0 Å². The molecule has 5 nitrogen and oxygen atoms in total. The summed E-state index contributed by atoms with van der Waals surface area (Å²) in [5.41, 5.74) is 1.45. The van der Waals surface area contributed by atoms with E-state index in [0.29, 0.717) is 11.6 Å². The topological polar surface area (TPSA) is 51.3 Å². The minimum Gasteiger partial charge on any atom is -0.313 e. The summed E-state index contributed by atoms with van der Waals surface area (Å²) in [5, 5.41) is 8.29. The smallest absolute Gasteiger partial charge is 0.282 e. The van der Waals surface area contributed by atoms with E-state index in [1.807, 2.05) is 48.7 Å². The third-order valence-corrected chi connectivity index (χ3v) is 4.71. The van der Waals surface area contributed by atoms with Crippen LogP contribution in [0.5, 0.6) is 0 Å². The van der Waals surface area contributed by atoms with E-state index in [-0.39, 0.29) is 11.5 Å². The molecule has 0 spiro atoms. The first kappa shape index (κ1) is 14.2. The van der Waals surface area contributed by atoms with Crippen LogP contribution in [-0.4, -0.2) is 26.8 Å². The predicted molar refractivity (Wildman–Crippen MR) is 90.2 cm³/mol. The Morgan fingerprint density at radius 3 is 2.78 bits per heavy atom. The van der Waals surface area contributed by atoms with Crippen molar-refractivity contribution in [2.45, 2.75) is 31.7 Å². The molecule has 2 atom stereocenters. The molecule has 1 aromatic carbocycles. The van der Waals surface area contributed by atoms with Gasteiger partial charge in [-0.3, -0.25) is 9.36 Å². The SMILES string of the molecule is CC(c1nn2cccc2c(=O)n1-c1ccccc1)[C@@H]1CCCN1. The van der Waals surface area contributed by atoms with Gasteiger partial charge in [0.25, 0.3) is 5.56 Å². The van der Waals surface area contributed by atoms with E-state index in [1.54, 1.807) is 9.08 Å². The Hall–Kier alpha value is -2.40. The van der Waals surface area contributed by atoms with Crippen molar-refractivity contribution in [3.63, 3.8) is 0 Å². The Morgan fingerprint density at radius 2 is 2.04 bits per heavy atom. The lowest BCUT2D eigenvalue weighted by Gasteiger charge is -2.22. The average molecular weight is 308 g/mol. The molecule has 0 amide bonds. The van der Waals surface area contributed by atoms with Gasteiger partial charge in [-0.2, -0.15) is 5.10 Å². The fourth-order valence-electron chi connectivity index (χ4n) is 3.44. The third-order valence-electron chi connectivity index (χ3n) is 4.71. The molecule has 1 saturated heterocycles. The normalized spacial score (nSPS) is 19.3. The van der Waals surface area contributed by atoms with Gasteiger partial charge in [0.05, 0.1) is 5.69 Å². The fraction of sp³-hybridized carbons (Fsp3) is 0.333. The standard InChI is InChI=1S/C18H20N4O/c1-13(15-9-5-11-19-15)17-20-21-12-6-10-16(21)18(23)22(17)14-7-3-2-4-8-14/h2-4,6-8,10,12-13,15,19H,5,9,11H2,1H3/t13?,15-/m0/s1. The maximum Gasteiger partial charge on any atom is 0.282 e. The van der Waals surface area contributed by atoms with Crippen molar-refractivity contribution in [2.24, 2.45) is 0 Å². The molecule has 1 N–H and O–H groups in total. The summed E-state index contributed by atoms with van der Waals surface area (Å²) in [6, 6.07) is 13.8. The van der Waals surface area contributed by atoms with Crippen LogP contribution in [0.4, 0.5) is 0 Å². The van der Waals surface area contributed by atoms with Crippen LogP contribution < -0.4 is 10.9 Å². The summed E-state index contributed by atoms with van der Waals surface area (Å²) in [7, 11) is 0. The lowest BCUT2D eigenvalue weighted by atomic mass is 9.99. The maximum absolute atomic E-state index is 13.0. The largest absolute Gasteiger partial charge is 0.313 e. The highest BCUT2D eigenvalue weighted by Gasteiger charge is 2.27. The van der Waals surface area contributed by atoms with Gasteiger partial charge in [-0.05, 0) is 43.7 Å². The number of fused-ring (bicyclic) bond motifs is 1. The highest BCUT2D eigenvalue weighted by atomic mass is 16.1. The zero-order valence-electron chi connectivity index (χ0n) is 13.1. The van der Waals surface area contributed by atoms with Gasteiger partial charge in [0.2, 0.25) is 0 Å². The minimum atomic E-state index is -0.0175. The first-order valence-corrected chi connectivity index (χ1v) is 8.15. The van der Waals surface area contributed by atoms with Crippen molar-refractivity contribution < 1.29 is 0 Å². The Morgan fingerprint density at radius 1 is 1.22 bits per heavy atom. The zero-order chi connectivity index (χ0) is 15.8. The van der Waals surface area contributed by atoms with Gasteiger partial charge < -0.3 is 5.32 Å². The second-order valence-corrected chi connectivity index (χ2v) is 6.16. The van der Waals surface area contributed by atoms with Gasteiger partial charge in [0.1, 0.15) is 11.3 Å². The summed E-state index contributed by atoms with van der Waals surface area (Å²) in [5.74, 6) is 0.974. The molecule has 3 heterocycles. The van der Waals surface area contributed by atoms with Gasteiger partial charge >= 0.3 is 0 Å². The minimum absolute atomic E-state index is 0.0175. The number of hydrogen-bond donors (Lipinski definition) is 1. The van der Waals surface area contributed by atoms with Gasteiger partial charge in [-0.15, -0.1) is 0 Å². The first-order valence-electron chi connectivity index (χ1n) is 8.15. The molecular formula is C18H20N4O. The molecule has 0 radical (unpaired) electrons. The van der Waals surface area contributed by atoms with Gasteiger partial charge in [0, 0.05) is 18.2 Å². The van der Waals surface area contributed by atoms with Crippen LogP contribution in [0.3, 0.4) is 0 Å². The Bertz CT molecular complexity index is 875. The number of nitrogens with zero attached hydrogens (tertiary/aromatic N) is 3. The number of rotatable bonds is 3.